The average Bonchev–Trinajstić information content (AvgIpc) is 3.27. The maximum Gasteiger partial charge on any atom is 0.323 e. The molecular weight excluding hydrogens is 522 g/mol. The normalized spacial score (nSPS) is 18.0. The Kier molecular flexibility index (Phi) is 10.1. The third-order valence-corrected chi connectivity index (χ3v) is 8.26. The SMILES string of the molecule is C=C(CO[C@@H]1C[C@@H](CNc2ccccn2)N(C(C)=O)C1)NC[C@H](NS(=O)(=O)c1c(C)cc(C)cc1C)C(=O)O. The summed E-state index contributed by atoms with van der Waals surface area (Å²) in [6.45, 7) is 11.4. The lowest BCUT2D eigenvalue weighted by Gasteiger charge is -2.23. The summed E-state index contributed by atoms with van der Waals surface area (Å²) in [5.41, 5.74) is 2.40. The number of nitrogens with zero attached hydrogens (tertiary/aromatic N) is 2. The second kappa shape index (κ2) is 13.0. The molecule has 0 spiro atoms. The van der Waals surface area contributed by atoms with Crippen molar-refractivity contribution in [3.63, 3.8) is 0 Å². The Labute approximate surface area is 229 Å². The number of hydrogen-bond acceptors (Lipinski definition) is 8. The molecule has 3 atom stereocenters. The highest BCUT2D eigenvalue weighted by Gasteiger charge is 2.34. The maximum absolute atomic E-state index is 13.0. The average molecular weight is 560 g/mol. The molecule has 3 rings (SSSR count). The van der Waals surface area contributed by atoms with Crippen LogP contribution in [-0.2, 0) is 24.3 Å². The summed E-state index contributed by atoms with van der Waals surface area (Å²) >= 11 is 0. The van der Waals surface area contributed by atoms with E-state index < -0.39 is 22.0 Å². The molecule has 4 N–H and O–H groups in total. The van der Waals surface area contributed by atoms with Crippen molar-refractivity contribution in [2.24, 2.45) is 0 Å². The van der Waals surface area contributed by atoms with E-state index in [1.54, 1.807) is 37.1 Å². The van der Waals surface area contributed by atoms with E-state index in [1.807, 2.05) is 25.1 Å². The highest BCUT2D eigenvalue weighted by Crippen LogP contribution is 2.23. The molecule has 1 fully saturated rings. The fraction of sp³-hybridized carbons (Fsp3) is 0.444. The van der Waals surface area contributed by atoms with Gasteiger partial charge in [-0.05, 0) is 50.5 Å². The van der Waals surface area contributed by atoms with E-state index in [0.717, 1.165) is 11.4 Å². The topological polar surface area (TPSA) is 150 Å². The molecule has 1 aromatic carbocycles. The van der Waals surface area contributed by atoms with Crippen molar-refractivity contribution in [1.29, 1.82) is 0 Å². The van der Waals surface area contributed by atoms with Crippen LogP contribution < -0.4 is 15.4 Å². The highest BCUT2D eigenvalue weighted by atomic mass is 32.2. The minimum absolute atomic E-state index is 0.0542. The Bertz CT molecular complexity index is 1280. The molecule has 1 saturated heterocycles. The molecule has 0 unspecified atom stereocenters. The van der Waals surface area contributed by atoms with E-state index in [1.165, 1.54) is 6.92 Å². The number of aryl methyl sites for hydroxylation is 3. The Morgan fingerprint density at radius 1 is 1.23 bits per heavy atom. The summed E-state index contributed by atoms with van der Waals surface area (Å²) in [5, 5.41) is 15.8. The number of carbonyl (C=O) groups excluding carboxylic acids is 1. The number of hydrogen-bond donors (Lipinski definition) is 4. The molecule has 212 valence electrons. The number of carboxylic acids is 1. The van der Waals surface area contributed by atoms with Gasteiger partial charge in [0.25, 0.3) is 0 Å². The van der Waals surface area contributed by atoms with E-state index in [9.17, 15) is 23.1 Å². The second-order valence-electron chi connectivity index (χ2n) is 9.81. The molecule has 0 aliphatic carbocycles. The first-order chi connectivity index (χ1) is 18.4. The molecule has 1 aliphatic rings. The van der Waals surface area contributed by atoms with Crippen molar-refractivity contribution >= 4 is 27.7 Å². The molecule has 2 aromatic rings. The molecule has 0 saturated carbocycles. The van der Waals surface area contributed by atoms with Crippen LogP contribution in [0, 0.1) is 20.8 Å². The predicted molar refractivity (Wildman–Crippen MR) is 148 cm³/mol. The smallest absolute Gasteiger partial charge is 0.323 e. The van der Waals surface area contributed by atoms with Gasteiger partial charge in [0.15, 0.2) is 0 Å². The molecule has 11 nitrogen and oxygen atoms in total. The van der Waals surface area contributed by atoms with Crippen LogP contribution >= 0.6 is 0 Å². The number of ether oxygens (including phenoxy) is 1. The first-order valence-corrected chi connectivity index (χ1v) is 14.1. The van der Waals surface area contributed by atoms with Gasteiger partial charge in [0.05, 0.1) is 23.6 Å². The lowest BCUT2D eigenvalue weighted by molar-refractivity contribution is -0.138. The summed E-state index contributed by atoms with van der Waals surface area (Å²) in [5.74, 6) is -0.654. The van der Waals surface area contributed by atoms with Gasteiger partial charge >= 0.3 is 5.97 Å². The Morgan fingerprint density at radius 2 is 1.92 bits per heavy atom. The maximum atomic E-state index is 13.0. The van der Waals surface area contributed by atoms with E-state index >= 15 is 0 Å². The van der Waals surface area contributed by atoms with Crippen LogP contribution in [0.5, 0.6) is 0 Å². The number of nitrogens with one attached hydrogen (secondary N) is 3. The van der Waals surface area contributed by atoms with Crippen molar-refractivity contribution in [2.75, 3.05) is 31.6 Å². The van der Waals surface area contributed by atoms with Gasteiger partial charge in [-0.1, -0.05) is 30.3 Å². The van der Waals surface area contributed by atoms with Gasteiger partial charge in [0.1, 0.15) is 11.9 Å². The number of benzene rings is 1. The lowest BCUT2D eigenvalue weighted by Crippen LogP contribution is -2.47. The second-order valence-corrected chi connectivity index (χ2v) is 11.5. The number of aromatic nitrogens is 1. The van der Waals surface area contributed by atoms with E-state index in [4.69, 9.17) is 4.74 Å². The van der Waals surface area contributed by atoms with Crippen molar-refractivity contribution in [3.8, 4) is 0 Å². The number of amides is 1. The molecule has 1 aliphatic heterocycles. The largest absolute Gasteiger partial charge is 0.480 e. The molecule has 2 heterocycles. The number of carbonyl (C=O) groups is 2. The Hall–Kier alpha value is -3.48. The highest BCUT2D eigenvalue weighted by molar-refractivity contribution is 7.89. The summed E-state index contributed by atoms with van der Waals surface area (Å²) in [7, 11) is -4.08. The van der Waals surface area contributed by atoms with E-state index in [-0.39, 0.29) is 36.1 Å². The zero-order valence-electron chi connectivity index (χ0n) is 22.7. The third kappa shape index (κ3) is 8.25. The van der Waals surface area contributed by atoms with Gasteiger partial charge in [0, 0.05) is 38.5 Å². The quantitative estimate of drug-likeness (QED) is 0.289. The first kappa shape index (κ1) is 30.1. The van der Waals surface area contributed by atoms with Crippen LogP contribution in [0.4, 0.5) is 5.82 Å². The van der Waals surface area contributed by atoms with Gasteiger partial charge in [-0.25, -0.2) is 13.4 Å². The zero-order valence-corrected chi connectivity index (χ0v) is 23.5. The zero-order chi connectivity index (χ0) is 28.7. The van der Waals surface area contributed by atoms with Crippen molar-refractivity contribution in [3.05, 3.63) is 65.5 Å². The van der Waals surface area contributed by atoms with Gasteiger partial charge < -0.3 is 25.4 Å². The van der Waals surface area contributed by atoms with Gasteiger partial charge in [-0.15, -0.1) is 0 Å². The molecular formula is C27H37N5O6S. The van der Waals surface area contributed by atoms with Crippen LogP contribution in [0.1, 0.15) is 30.0 Å². The fourth-order valence-electron chi connectivity index (χ4n) is 4.80. The number of anilines is 1. The van der Waals surface area contributed by atoms with Crippen LogP contribution in [0.2, 0.25) is 0 Å². The molecule has 0 bridgehead atoms. The molecule has 12 heteroatoms. The van der Waals surface area contributed by atoms with Gasteiger partial charge in [-0.3, -0.25) is 9.59 Å². The number of carboxylic acid groups (broad SMARTS) is 1. The van der Waals surface area contributed by atoms with E-state index in [0.29, 0.717) is 36.3 Å². The number of rotatable bonds is 13. The Morgan fingerprint density at radius 3 is 2.51 bits per heavy atom. The summed E-state index contributed by atoms with van der Waals surface area (Å²) in [4.78, 5) is 30.1. The molecule has 1 amide bonds. The summed E-state index contributed by atoms with van der Waals surface area (Å²) < 4.78 is 34.3. The van der Waals surface area contributed by atoms with Gasteiger partial charge in [-0.2, -0.15) is 4.72 Å². The summed E-state index contributed by atoms with van der Waals surface area (Å²) in [6, 6.07) is 7.54. The number of pyridine rings is 1. The van der Waals surface area contributed by atoms with Crippen LogP contribution in [-0.4, -0.2) is 79.7 Å². The molecule has 39 heavy (non-hydrogen) atoms. The standard InChI is InChI=1S/C27H37N5O6S/c1-17-10-18(2)26(19(3)11-17)39(36,37)31-24(27(34)35)14-29-20(4)16-38-23-12-22(32(15-23)21(5)33)13-30-25-8-6-7-9-28-25/h6-11,22-24,29,31H,4,12-16H2,1-3,5H3,(H,28,30)(H,34,35)/t22-,23+,24-/m0/s1. The van der Waals surface area contributed by atoms with Crippen molar-refractivity contribution < 1.29 is 27.9 Å². The number of likely N-dealkylation sites (tertiary alicyclic amines) is 1. The minimum atomic E-state index is -4.08. The fourth-order valence-corrected chi connectivity index (χ4v) is 6.44. The van der Waals surface area contributed by atoms with E-state index in [2.05, 4.69) is 26.9 Å². The molecule has 0 radical (unpaired) electrons. The third-order valence-electron chi connectivity index (χ3n) is 6.48. The Balaban J connectivity index is 1.52. The summed E-state index contributed by atoms with van der Waals surface area (Å²) in [6.07, 6.45) is 2.07. The first-order valence-electron chi connectivity index (χ1n) is 12.7. The monoisotopic (exact) mass is 559 g/mol. The van der Waals surface area contributed by atoms with Crippen LogP contribution in [0.3, 0.4) is 0 Å². The van der Waals surface area contributed by atoms with Crippen molar-refractivity contribution in [2.45, 2.75) is 57.2 Å². The molecule has 1 aromatic heterocycles. The number of aliphatic carboxylic acids is 1. The van der Waals surface area contributed by atoms with Crippen LogP contribution in [0.15, 0.2) is 53.7 Å². The van der Waals surface area contributed by atoms with Gasteiger partial charge in [0.2, 0.25) is 15.9 Å². The van der Waals surface area contributed by atoms with Crippen molar-refractivity contribution in [1.82, 2.24) is 19.9 Å². The predicted octanol–water partition coefficient (Wildman–Crippen LogP) is 1.96. The minimum Gasteiger partial charge on any atom is -0.480 e. The van der Waals surface area contributed by atoms with Crippen LogP contribution in [0.25, 0.3) is 0 Å². The number of sulfonamides is 1. The lowest BCUT2D eigenvalue weighted by atomic mass is 10.1.